The van der Waals surface area contributed by atoms with E-state index < -0.39 is 10.0 Å². The van der Waals surface area contributed by atoms with Crippen LogP contribution in [0.4, 0.5) is 5.69 Å². The molecule has 2 aliphatic rings. The van der Waals surface area contributed by atoms with Gasteiger partial charge in [0.05, 0.1) is 22.1 Å². The number of anilines is 1. The topological polar surface area (TPSA) is 117 Å². The van der Waals surface area contributed by atoms with Crippen molar-refractivity contribution in [1.29, 1.82) is 0 Å². The molecule has 1 fully saturated rings. The van der Waals surface area contributed by atoms with Gasteiger partial charge >= 0.3 is 0 Å². The number of carbonyl (C=O) groups is 1. The number of H-pyrrole nitrogens is 1. The number of nitrogens with zero attached hydrogens (tertiary/aromatic N) is 4. The van der Waals surface area contributed by atoms with Crippen molar-refractivity contribution in [1.82, 2.24) is 18.7 Å². The molecule has 0 atom stereocenters. The molecule has 0 radical (unpaired) electrons. The molecule has 0 spiro atoms. The van der Waals surface area contributed by atoms with Crippen LogP contribution in [-0.4, -0.2) is 66.9 Å². The van der Waals surface area contributed by atoms with Gasteiger partial charge in [0.15, 0.2) is 0 Å². The van der Waals surface area contributed by atoms with Crippen molar-refractivity contribution in [2.24, 2.45) is 0 Å². The molecule has 1 N–H and O–H groups in total. The average Bonchev–Trinajstić information content (AvgIpc) is 3.54. The molecule has 1 saturated heterocycles. The molecule has 11 heteroatoms. The van der Waals surface area contributed by atoms with E-state index in [4.69, 9.17) is 4.74 Å². The van der Waals surface area contributed by atoms with Gasteiger partial charge in [0.2, 0.25) is 10.0 Å². The van der Waals surface area contributed by atoms with Crippen molar-refractivity contribution in [2.45, 2.75) is 37.0 Å². The average molecular weight is 536 g/mol. The highest BCUT2D eigenvalue weighted by Gasteiger charge is 2.29. The number of amides is 1. The Morgan fingerprint density at radius 2 is 1.89 bits per heavy atom. The molecule has 38 heavy (non-hydrogen) atoms. The fraction of sp³-hybridized carbons (Fsp3) is 0.370. The third-order valence-corrected chi connectivity index (χ3v) is 9.45. The number of nitrogens with one attached hydrogen (secondary N) is 1. The molecule has 1 amide bonds. The van der Waals surface area contributed by atoms with E-state index in [0.717, 1.165) is 35.3 Å². The maximum absolute atomic E-state index is 13.8. The molecule has 10 nitrogen and oxygen atoms in total. The lowest BCUT2D eigenvalue weighted by Gasteiger charge is -2.22. The van der Waals surface area contributed by atoms with Gasteiger partial charge in [-0.05, 0) is 67.6 Å². The number of hydrogen-bond donors (Lipinski definition) is 1. The fourth-order valence-corrected chi connectivity index (χ4v) is 6.48. The summed E-state index contributed by atoms with van der Waals surface area (Å²) >= 11 is 0. The maximum Gasteiger partial charge on any atom is 0.274 e. The minimum absolute atomic E-state index is 0.192. The van der Waals surface area contributed by atoms with Crippen molar-refractivity contribution in [3.8, 4) is 0 Å². The Kier molecular flexibility index (Phi) is 5.89. The van der Waals surface area contributed by atoms with Gasteiger partial charge in [-0.1, -0.05) is 0 Å². The number of aryl methyl sites for hydroxylation is 1. The van der Waals surface area contributed by atoms with Crippen molar-refractivity contribution in [2.75, 3.05) is 38.8 Å². The summed E-state index contributed by atoms with van der Waals surface area (Å²) < 4.78 is 33.7. The second kappa shape index (κ2) is 9.04. The Morgan fingerprint density at radius 3 is 2.63 bits per heavy atom. The summed E-state index contributed by atoms with van der Waals surface area (Å²) in [6.07, 6.45) is 3.86. The molecule has 2 aromatic carbocycles. The van der Waals surface area contributed by atoms with E-state index in [2.05, 4.69) is 9.97 Å². The fourth-order valence-electron chi connectivity index (χ4n) is 5.52. The molecule has 4 heterocycles. The quantitative estimate of drug-likeness (QED) is 0.430. The van der Waals surface area contributed by atoms with E-state index in [-0.39, 0.29) is 22.3 Å². The van der Waals surface area contributed by atoms with Gasteiger partial charge in [0.1, 0.15) is 11.3 Å². The smallest absolute Gasteiger partial charge is 0.274 e. The van der Waals surface area contributed by atoms with Gasteiger partial charge < -0.3 is 14.6 Å². The standard InChI is InChI=1S/C27H29N5O5S/c1-16-12-23-21(29-26(33)24-15-28-25(32(23)24)17-7-10-37-11-8-17)14-20(16)27(34)31-9-6-18-13-19(4-5-22(18)31)38(35,36)30(2)3/h4-5,12-15,17H,6-11H2,1-3H3,(H,29,33). The summed E-state index contributed by atoms with van der Waals surface area (Å²) in [4.78, 5) is 36.1. The van der Waals surface area contributed by atoms with E-state index in [9.17, 15) is 18.0 Å². The highest BCUT2D eigenvalue weighted by Crippen LogP contribution is 2.33. The van der Waals surface area contributed by atoms with Gasteiger partial charge in [-0.2, -0.15) is 0 Å². The minimum Gasteiger partial charge on any atom is -0.381 e. The monoisotopic (exact) mass is 535 g/mol. The number of hydrogen-bond acceptors (Lipinski definition) is 6. The number of aromatic nitrogens is 3. The molecule has 4 aromatic rings. The maximum atomic E-state index is 13.8. The van der Waals surface area contributed by atoms with E-state index >= 15 is 0 Å². The zero-order chi connectivity index (χ0) is 26.8. The molecule has 2 aromatic heterocycles. The van der Waals surface area contributed by atoms with E-state index in [0.29, 0.717) is 48.5 Å². The number of ether oxygens (including phenoxy) is 1. The van der Waals surface area contributed by atoms with Crippen LogP contribution in [0.2, 0.25) is 0 Å². The Bertz CT molecular complexity index is 1770. The van der Waals surface area contributed by atoms with Crippen molar-refractivity contribution in [3.05, 3.63) is 69.4 Å². The van der Waals surface area contributed by atoms with Gasteiger partial charge in [-0.25, -0.2) is 17.7 Å². The second-order valence-corrected chi connectivity index (χ2v) is 12.3. The molecule has 0 saturated carbocycles. The first-order valence-electron chi connectivity index (χ1n) is 12.7. The van der Waals surface area contributed by atoms with Crippen LogP contribution in [0, 0.1) is 6.92 Å². The molecule has 6 rings (SSSR count). The van der Waals surface area contributed by atoms with Crippen LogP contribution in [0.25, 0.3) is 16.6 Å². The minimum atomic E-state index is -3.57. The number of imidazole rings is 1. The summed E-state index contributed by atoms with van der Waals surface area (Å²) in [6.45, 7) is 3.66. The SMILES string of the molecule is Cc1cc2c(cc1C(=O)N1CCc3cc(S(=O)(=O)N(C)C)ccc31)[nH]c(=O)c1cnc(C3CCOCC3)n12. The third-order valence-electron chi connectivity index (χ3n) is 7.64. The second-order valence-electron chi connectivity index (χ2n) is 10.1. The Hall–Kier alpha value is -3.54. The first kappa shape index (κ1) is 24.8. The van der Waals surface area contributed by atoms with Gasteiger partial charge in [0.25, 0.3) is 11.5 Å². The number of carbonyl (C=O) groups excluding carboxylic acids is 1. The van der Waals surface area contributed by atoms with Crippen LogP contribution in [-0.2, 0) is 21.2 Å². The number of benzene rings is 2. The Balaban J connectivity index is 1.41. The van der Waals surface area contributed by atoms with Crippen molar-refractivity contribution < 1.29 is 17.9 Å². The van der Waals surface area contributed by atoms with E-state index in [1.165, 1.54) is 24.5 Å². The van der Waals surface area contributed by atoms with Crippen LogP contribution in [0.1, 0.15) is 46.1 Å². The van der Waals surface area contributed by atoms with Crippen molar-refractivity contribution >= 4 is 38.2 Å². The van der Waals surface area contributed by atoms with Crippen LogP contribution < -0.4 is 10.5 Å². The Labute approximate surface area is 219 Å². The number of aromatic amines is 1. The lowest BCUT2D eigenvalue weighted by atomic mass is 9.99. The Morgan fingerprint density at radius 1 is 1.13 bits per heavy atom. The van der Waals surface area contributed by atoms with Crippen LogP contribution in [0.15, 0.2) is 46.2 Å². The molecule has 0 aliphatic carbocycles. The third kappa shape index (κ3) is 3.84. The van der Waals surface area contributed by atoms with E-state index in [1.807, 2.05) is 17.4 Å². The largest absolute Gasteiger partial charge is 0.381 e. The zero-order valence-corrected chi connectivity index (χ0v) is 22.3. The zero-order valence-electron chi connectivity index (χ0n) is 21.5. The molecular weight excluding hydrogens is 506 g/mol. The van der Waals surface area contributed by atoms with Crippen LogP contribution in [0.3, 0.4) is 0 Å². The number of fused-ring (bicyclic) bond motifs is 4. The summed E-state index contributed by atoms with van der Waals surface area (Å²) in [7, 11) is -0.576. The van der Waals surface area contributed by atoms with Gasteiger partial charge in [0, 0.05) is 51.0 Å². The molecule has 198 valence electrons. The number of rotatable bonds is 4. The summed E-state index contributed by atoms with van der Waals surface area (Å²) in [5.74, 6) is 0.845. The number of sulfonamides is 1. The molecular formula is C27H29N5O5S. The van der Waals surface area contributed by atoms with Crippen molar-refractivity contribution in [3.63, 3.8) is 0 Å². The normalized spacial score (nSPS) is 16.6. The highest BCUT2D eigenvalue weighted by molar-refractivity contribution is 7.89. The predicted octanol–water partition coefficient (Wildman–Crippen LogP) is 2.83. The highest BCUT2D eigenvalue weighted by atomic mass is 32.2. The molecule has 0 bridgehead atoms. The predicted molar refractivity (Wildman–Crippen MR) is 144 cm³/mol. The van der Waals surface area contributed by atoms with Gasteiger partial charge in [-0.3, -0.25) is 14.0 Å². The molecule has 2 aliphatic heterocycles. The lowest BCUT2D eigenvalue weighted by molar-refractivity contribution is 0.0835. The van der Waals surface area contributed by atoms with Gasteiger partial charge in [-0.15, -0.1) is 0 Å². The summed E-state index contributed by atoms with van der Waals surface area (Å²) in [5, 5.41) is 0. The van der Waals surface area contributed by atoms with E-state index in [1.54, 1.807) is 29.3 Å². The van der Waals surface area contributed by atoms with Crippen LogP contribution >= 0.6 is 0 Å². The first-order chi connectivity index (χ1) is 18.2. The molecule has 0 unspecified atom stereocenters. The lowest BCUT2D eigenvalue weighted by Crippen LogP contribution is -2.29. The summed E-state index contributed by atoms with van der Waals surface area (Å²) in [6, 6.07) is 8.56. The van der Waals surface area contributed by atoms with Crippen LogP contribution in [0.5, 0.6) is 0 Å². The summed E-state index contributed by atoms with van der Waals surface area (Å²) in [5.41, 5.74) is 4.37. The first-order valence-corrected chi connectivity index (χ1v) is 14.1.